The summed E-state index contributed by atoms with van der Waals surface area (Å²) in [6, 6.07) is 7.74. The molecule has 1 aliphatic rings. The van der Waals surface area contributed by atoms with Crippen LogP contribution in [0.3, 0.4) is 0 Å². The van der Waals surface area contributed by atoms with Crippen molar-refractivity contribution in [1.29, 1.82) is 0 Å². The van der Waals surface area contributed by atoms with Crippen LogP contribution >= 0.6 is 0 Å². The van der Waals surface area contributed by atoms with E-state index >= 15 is 0 Å². The van der Waals surface area contributed by atoms with Gasteiger partial charge in [0.1, 0.15) is 11.9 Å². The standard InChI is InChI=1S/C15H18N4O3/c1-18(2)15(20)14-12-9-22-13(8-19(12)17-16-14)10-4-6-11(21-3)7-5-10/h4-7,13H,8-9H2,1-3H3/t13-/m1/s1. The third kappa shape index (κ3) is 2.55. The molecule has 0 aliphatic carbocycles. The van der Waals surface area contributed by atoms with Gasteiger partial charge in [-0.05, 0) is 17.7 Å². The highest BCUT2D eigenvalue weighted by atomic mass is 16.5. The molecule has 7 nitrogen and oxygen atoms in total. The van der Waals surface area contributed by atoms with Crippen molar-refractivity contribution in [2.75, 3.05) is 21.2 Å². The van der Waals surface area contributed by atoms with Gasteiger partial charge >= 0.3 is 0 Å². The minimum Gasteiger partial charge on any atom is -0.497 e. The van der Waals surface area contributed by atoms with Crippen LogP contribution in [0.25, 0.3) is 0 Å². The second-order valence-electron chi connectivity index (χ2n) is 5.34. The normalized spacial score (nSPS) is 17.0. The van der Waals surface area contributed by atoms with Gasteiger partial charge in [-0.1, -0.05) is 17.3 Å². The van der Waals surface area contributed by atoms with E-state index in [-0.39, 0.29) is 12.0 Å². The molecule has 2 aromatic rings. The molecule has 0 unspecified atom stereocenters. The molecular formula is C15H18N4O3. The Morgan fingerprint density at radius 3 is 2.73 bits per heavy atom. The lowest BCUT2D eigenvalue weighted by Gasteiger charge is -2.24. The maximum absolute atomic E-state index is 12.0. The van der Waals surface area contributed by atoms with Gasteiger partial charge in [0.2, 0.25) is 0 Å². The third-order valence-corrected chi connectivity index (χ3v) is 3.69. The van der Waals surface area contributed by atoms with E-state index in [2.05, 4.69) is 10.3 Å². The van der Waals surface area contributed by atoms with Gasteiger partial charge in [-0.15, -0.1) is 5.10 Å². The van der Waals surface area contributed by atoms with Gasteiger partial charge in [0.05, 0.1) is 26.0 Å². The summed E-state index contributed by atoms with van der Waals surface area (Å²) < 4.78 is 12.8. The van der Waals surface area contributed by atoms with E-state index in [4.69, 9.17) is 9.47 Å². The number of methoxy groups -OCH3 is 1. The monoisotopic (exact) mass is 302 g/mol. The van der Waals surface area contributed by atoms with Gasteiger partial charge in [-0.2, -0.15) is 0 Å². The van der Waals surface area contributed by atoms with Gasteiger partial charge in [-0.25, -0.2) is 4.68 Å². The van der Waals surface area contributed by atoms with Crippen molar-refractivity contribution in [3.05, 3.63) is 41.2 Å². The van der Waals surface area contributed by atoms with Gasteiger partial charge in [0, 0.05) is 14.1 Å². The topological polar surface area (TPSA) is 69.5 Å². The summed E-state index contributed by atoms with van der Waals surface area (Å²) in [5.41, 5.74) is 2.13. The van der Waals surface area contributed by atoms with E-state index < -0.39 is 0 Å². The lowest BCUT2D eigenvalue weighted by atomic mass is 10.1. The Morgan fingerprint density at radius 2 is 2.09 bits per heavy atom. The summed E-state index contributed by atoms with van der Waals surface area (Å²) in [6.07, 6.45) is -0.109. The van der Waals surface area contributed by atoms with Crippen LogP contribution in [0.4, 0.5) is 0 Å². The van der Waals surface area contributed by atoms with Crippen LogP contribution in [-0.2, 0) is 17.9 Å². The van der Waals surface area contributed by atoms with Crippen molar-refractivity contribution in [3.8, 4) is 5.75 Å². The molecule has 0 fully saturated rings. The van der Waals surface area contributed by atoms with Crippen LogP contribution in [-0.4, -0.2) is 47.0 Å². The van der Waals surface area contributed by atoms with Crippen LogP contribution in [0.15, 0.2) is 24.3 Å². The molecule has 1 atom stereocenters. The number of benzene rings is 1. The summed E-state index contributed by atoms with van der Waals surface area (Å²) in [7, 11) is 5.02. The Morgan fingerprint density at radius 1 is 1.36 bits per heavy atom. The molecule has 0 saturated heterocycles. The first-order valence-corrected chi connectivity index (χ1v) is 6.99. The maximum atomic E-state index is 12.0. The number of amides is 1. The minimum absolute atomic E-state index is 0.109. The molecule has 7 heteroatoms. The van der Waals surface area contributed by atoms with Crippen molar-refractivity contribution in [3.63, 3.8) is 0 Å². The average Bonchev–Trinajstić information content (AvgIpc) is 2.97. The van der Waals surface area contributed by atoms with E-state index in [1.807, 2.05) is 24.3 Å². The molecule has 22 heavy (non-hydrogen) atoms. The minimum atomic E-state index is -0.159. The van der Waals surface area contributed by atoms with Crippen molar-refractivity contribution < 1.29 is 14.3 Å². The number of fused-ring (bicyclic) bond motifs is 1. The molecule has 1 amide bonds. The lowest BCUT2D eigenvalue weighted by Crippen LogP contribution is -2.26. The zero-order valence-corrected chi connectivity index (χ0v) is 12.8. The number of carbonyl (C=O) groups excluding carboxylic acids is 1. The van der Waals surface area contributed by atoms with Gasteiger partial charge in [-0.3, -0.25) is 4.79 Å². The summed E-state index contributed by atoms with van der Waals surface area (Å²) in [5.74, 6) is 0.646. The summed E-state index contributed by atoms with van der Waals surface area (Å²) in [6.45, 7) is 0.855. The largest absolute Gasteiger partial charge is 0.497 e. The second-order valence-corrected chi connectivity index (χ2v) is 5.34. The average molecular weight is 302 g/mol. The van der Waals surface area contributed by atoms with Crippen molar-refractivity contribution in [1.82, 2.24) is 19.9 Å². The van der Waals surface area contributed by atoms with Crippen LogP contribution in [0.5, 0.6) is 5.75 Å². The smallest absolute Gasteiger partial charge is 0.275 e. The van der Waals surface area contributed by atoms with Crippen molar-refractivity contribution in [2.24, 2.45) is 0 Å². The summed E-state index contributed by atoms with van der Waals surface area (Å²) in [5, 5.41) is 8.08. The summed E-state index contributed by atoms with van der Waals surface area (Å²) >= 11 is 0. The number of rotatable bonds is 3. The van der Waals surface area contributed by atoms with Crippen molar-refractivity contribution in [2.45, 2.75) is 19.3 Å². The van der Waals surface area contributed by atoms with Crippen LogP contribution in [0.1, 0.15) is 27.8 Å². The van der Waals surface area contributed by atoms with E-state index in [0.29, 0.717) is 18.8 Å². The molecule has 0 spiro atoms. The number of aromatic nitrogens is 3. The van der Waals surface area contributed by atoms with Crippen LogP contribution in [0, 0.1) is 0 Å². The number of hydrogen-bond donors (Lipinski definition) is 0. The molecule has 2 heterocycles. The fourth-order valence-corrected chi connectivity index (χ4v) is 2.41. The number of hydrogen-bond acceptors (Lipinski definition) is 5. The van der Waals surface area contributed by atoms with E-state index in [0.717, 1.165) is 17.0 Å². The SMILES string of the molecule is COc1ccc([C@H]2Cn3nnc(C(=O)N(C)C)c3CO2)cc1. The molecular weight excluding hydrogens is 284 g/mol. The molecule has 0 radical (unpaired) electrons. The molecule has 0 bridgehead atoms. The fraction of sp³-hybridized carbons (Fsp3) is 0.400. The Balaban J connectivity index is 1.81. The van der Waals surface area contributed by atoms with Crippen molar-refractivity contribution >= 4 is 5.91 Å². The van der Waals surface area contributed by atoms with Crippen LogP contribution in [0.2, 0.25) is 0 Å². The second kappa shape index (κ2) is 5.76. The predicted octanol–water partition coefficient (Wildman–Crippen LogP) is 1.26. The molecule has 0 N–H and O–H groups in total. The Kier molecular flexibility index (Phi) is 3.81. The first-order valence-electron chi connectivity index (χ1n) is 6.99. The fourth-order valence-electron chi connectivity index (χ4n) is 2.41. The molecule has 3 rings (SSSR count). The third-order valence-electron chi connectivity index (χ3n) is 3.69. The van der Waals surface area contributed by atoms with Gasteiger partial charge in [0.15, 0.2) is 5.69 Å². The number of carbonyl (C=O) groups is 1. The van der Waals surface area contributed by atoms with Gasteiger partial charge in [0.25, 0.3) is 5.91 Å². The first-order chi connectivity index (χ1) is 10.6. The van der Waals surface area contributed by atoms with Crippen LogP contribution < -0.4 is 4.74 Å². The number of ether oxygens (including phenoxy) is 2. The Bertz CT molecular complexity index is 679. The van der Waals surface area contributed by atoms with Gasteiger partial charge < -0.3 is 14.4 Å². The molecule has 1 aromatic heterocycles. The zero-order chi connectivity index (χ0) is 15.7. The first kappa shape index (κ1) is 14.5. The van der Waals surface area contributed by atoms with E-state index in [1.54, 1.807) is 25.9 Å². The molecule has 0 saturated carbocycles. The highest BCUT2D eigenvalue weighted by Crippen LogP contribution is 2.28. The number of nitrogens with zero attached hydrogens (tertiary/aromatic N) is 4. The predicted molar refractivity (Wildman–Crippen MR) is 78.6 cm³/mol. The zero-order valence-electron chi connectivity index (χ0n) is 12.8. The highest BCUT2D eigenvalue weighted by molar-refractivity contribution is 5.92. The lowest BCUT2D eigenvalue weighted by molar-refractivity contribution is -0.00190. The Hall–Kier alpha value is -2.41. The maximum Gasteiger partial charge on any atom is 0.275 e. The molecule has 1 aromatic carbocycles. The highest BCUT2D eigenvalue weighted by Gasteiger charge is 2.28. The van der Waals surface area contributed by atoms with E-state index in [9.17, 15) is 4.79 Å². The summed E-state index contributed by atoms with van der Waals surface area (Å²) in [4.78, 5) is 13.5. The molecule has 116 valence electrons. The van der Waals surface area contributed by atoms with E-state index in [1.165, 1.54) is 4.90 Å². The quantitative estimate of drug-likeness (QED) is 0.853. The molecule has 1 aliphatic heterocycles. The Labute approximate surface area is 128 Å².